The van der Waals surface area contributed by atoms with Gasteiger partial charge in [-0.1, -0.05) is 6.07 Å². The first kappa shape index (κ1) is 11.1. The van der Waals surface area contributed by atoms with Crippen LogP contribution < -0.4 is 0 Å². The number of carbonyl (C=O) groups is 1. The van der Waals surface area contributed by atoms with Crippen molar-refractivity contribution in [1.82, 2.24) is 0 Å². The summed E-state index contributed by atoms with van der Waals surface area (Å²) < 4.78 is 19.2. The summed E-state index contributed by atoms with van der Waals surface area (Å²) in [6.07, 6.45) is -0.164. The number of benzene rings is 1. The van der Waals surface area contributed by atoms with E-state index in [4.69, 9.17) is 4.74 Å². The summed E-state index contributed by atoms with van der Waals surface area (Å²) in [5.74, 6) is -0.701. The van der Waals surface area contributed by atoms with E-state index in [0.29, 0.717) is 10.3 Å². The second-order valence-electron chi connectivity index (χ2n) is 3.72. The minimum atomic E-state index is -0.393. The molecule has 4 heteroatoms. The van der Waals surface area contributed by atoms with Crippen LogP contribution in [0.3, 0.4) is 0 Å². The van der Waals surface area contributed by atoms with E-state index in [-0.39, 0.29) is 11.9 Å². The van der Waals surface area contributed by atoms with Crippen LogP contribution in [0, 0.1) is 5.82 Å². The Morgan fingerprint density at radius 3 is 2.81 bits per heavy atom. The summed E-state index contributed by atoms with van der Waals surface area (Å²) in [6, 6.07) is 6.34. The molecular weight excluding hydrogens is 227 g/mol. The van der Waals surface area contributed by atoms with Crippen molar-refractivity contribution in [2.45, 2.75) is 20.0 Å². The van der Waals surface area contributed by atoms with Gasteiger partial charge in [-0.25, -0.2) is 9.18 Å². The molecule has 84 valence electrons. The topological polar surface area (TPSA) is 26.3 Å². The average Bonchev–Trinajstić information content (AvgIpc) is 2.61. The largest absolute Gasteiger partial charge is 0.459 e. The molecule has 0 bridgehead atoms. The van der Waals surface area contributed by atoms with Crippen molar-refractivity contribution in [1.29, 1.82) is 0 Å². The Hall–Kier alpha value is -1.42. The first-order valence-corrected chi connectivity index (χ1v) is 5.78. The third-order valence-electron chi connectivity index (χ3n) is 2.05. The first-order valence-electron chi connectivity index (χ1n) is 4.97. The molecule has 0 saturated heterocycles. The Morgan fingerprint density at radius 2 is 2.19 bits per heavy atom. The molecule has 1 aromatic carbocycles. The van der Waals surface area contributed by atoms with Crippen LogP contribution in [0.4, 0.5) is 4.39 Å². The van der Waals surface area contributed by atoms with Gasteiger partial charge in [-0.2, -0.15) is 0 Å². The lowest BCUT2D eigenvalue weighted by molar-refractivity contribution is 0.0384. The number of hydrogen-bond donors (Lipinski definition) is 0. The number of fused-ring (bicyclic) bond motifs is 1. The number of esters is 1. The van der Waals surface area contributed by atoms with Gasteiger partial charge in [0.1, 0.15) is 10.7 Å². The van der Waals surface area contributed by atoms with Crippen molar-refractivity contribution >= 4 is 27.4 Å². The van der Waals surface area contributed by atoms with Gasteiger partial charge in [0, 0.05) is 10.1 Å². The number of hydrogen-bond acceptors (Lipinski definition) is 3. The van der Waals surface area contributed by atoms with Gasteiger partial charge in [0.25, 0.3) is 0 Å². The molecule has 0 atom stereocenters. The summed E-state index contributed by atoms with van der Waals surface area (Å²) >= 11 is 1.25. The molecule has 1 heterocycles. The van der Waals surface area contributed by atoms with Crippen LogP contribution in [0.1, 0.15) is 23.5 Å². The minimum Gasteiger partial charge on any atom is -0.459 e. The van der Waals surface area contributed by atoms with Crippen LogP contribution in [0.25, 0.3) is 10.1 Å². The molecule has 0 radical (unpaired) electrons. The molecule has 0 saturated carbocycles. The molecule has 2 aromatic rings. The van der Waals surface area contributed by atoms with E-state index in [2.05, 4.69) is 0 Å². The molecule has 0 aliphatic carbocycles. The Labute approximate surface area is 96.7 Å². The highest BCUT2D eigenvalue weighted by atomic mass is 32.1. The SMILES string of the molecule is CC(C)OC(=O)c1cc2c(F)cccc2s1. The maximum atomic E-state index is 13.4. The van der Waals surface area contributed by atoms with Gasteiger partial charge in [0.05, 0.1) is 6.10 Å². The Kier molecular flexibility index (Phi) is 2.92. The highest BCUT2D eigenvalue weighted by Gasteiger charge is 2.14. The average molecular weight is 238 g/mol. The number of carbonyl (C=O) groups excluding carboxylic acids is 1. The number of thiophene rings is 1. The lowest BCUT2D eigenvalue weighted by atomic mass is 10.2. The molecule has 16 heavy (non-hydrogen) atoms. The summed E-state index contributed by atoms with van der Waals surface area (Å²) in [4.78, 5) is 12.0. The molecule has 0 amide bonds. The van der Waals surface area contributed by atoms with Gasteiger partial charge < -0.3 is 4.74 Å². The predicted octanol–water partition coefficient (Wildman–Crippen LogP) is 3.61. The molecule has 0 aliphatic rings. The Morgan fingerprint density at radius 1 is 1.44 bits per heavy atom. The molecule has 0 N–H and O–H groups in total. The quantitative estimate of drug-likeness (QED) is 0.747. The molecule has 0 unspecified atom stereocenters. The summed E-state index contributed by atoms with van der Waals surface area (Å²) in [5, 5.41) is 0.475. The second-order valence-corrected chi connectivity index (χ2v) is 4.80. The van der Waals surface area contributed by atoms with Gasteiger partial charge >= 0.3 is 5.97 Å². The fraction of sp³-hybridized carbons (Fsp3) is 0.250. The predicted molar refractivity (Wildman–Crippen MR) is 62.3 cm³/mol. The van der Waals surface area contributed by atoms with Gasteiger partial charge in [0.15, 0.2) is 0 Å². The maximum Gasteiger partial charge on any atom is 0.348 e. The van der Waals surface area contributed by atoms with Crippen LogP contribution in [0.2, 0.25) is 0 Å². The zero-order chi connectivity index (χ0) is 11.7. The van der Waals surface area contributed by atoms with E-state index < -0.39 is 5.97 Å². The van der Waals surface area contributed by atoms with E-state index in [0.717, 1.165) is 4.70 Å². The molecule has 2 rings (SSSR count). The first-order chi connectivity index (χ1) is 7.58. The Balaban J connectivity index is 2.40. The summed E-state index contributed by atoms with van der Waals surface area (Å²) in [6.45, 7) is 3.57. The standard InChI is InChI=1S/C12H11FO2S/c1-7(2)15-12(14)11-6-8-9(13)4-3-5-10(8)16-11/h3-7H,1-2H3. The van der Waals surface area contributed by atoms with Gasteiger partial charge in [-0.05, 0) is 32.0 Å². The van der Waals surface area contributed by atoms with Gasteiger partial charge in [-0.15, -0.1) is 11.3 Å². The van der Waals surface area contributed by atoms with Crippen LogP contribution in [0.15, 0.2) is 24.3 Å². The van der Waals surface area contributed by atoms with E-state index in [9.17, 15) is 9.18 Å². The molecule has 0 aliphatic heterocycles. The lowest BCUT2D eigenvalue weighted by Crippen LogP contribution is -2.09. The summed E-state index contributed by atoms with van der Waals surface area (Å²) in [7, 11) is 0. The van der Waals surface area contributed by atoms with Crippen molar-refractivity contribution in [3.63, 3.8) is 0 Å². The van der Waals surface area contributed by atoms with Crippen LogP contribution in [0.5, 0.6) is 0 Å². The fourth-order valence-electron chi connectivity index (χ4n) is 1.40. The van der Waals surface area contributed by atoms with Crippen molar-refractivity contribution < 1.29 is 13.9 Å². The fourth-order valence-corrected chi connectivity index (χ4v) is 2.36. The van der Waals surface area contributed by atoms with E-state index >= 15 is 0 Å². The molecule has 0 spiro atoms. The third-order valence-corrected chi connectivity index (χ3v) is 3.13. The van der Waals surface area contributed by atoms with Crippen LogP contribution in [-0.2, 0) is 4.74 Å². The molecule has 1 aromatic heterocycles. The smallest absolute Gasteiger partial charge is 0.348 e. The third kappa shape index (κ3) is 2.07. The molecule has 2 nitrogen and oxygen atoms in total. The number of halogens is 1. The lowest BCUT2D eigenvalue weighted by Gasteiger charge is -2.05. The second kappa shape index (κ2) is 4.22. The highest BCUT2D eigenvalue weighted by molar-refractivity contribution is 7.20. The van der Waals surface area contributed by atoms with E-state index in [1.165, 1.54) is 17.4 Å². The van der Waals surface area contributed by atoms with Crippen molar-refractivity contribution in [2.75, 3.05) is 0 Å². The zero-order valence-electron chi connectivity index (χ0n) is 8.99. The zero-order valence-corrected chi connectivity index (χ0v) is 9.81. The molecule has 0 fully saturated rings. The minimum absolute atomic E-state index is 0.164. The monoisotopic (exact) mass is 238 g/mol. The Bertz CT molecular complexity index is 531. The summed E-state index contributed by atoms with van der Waals surface area (Å²) in [5.41, 5.74) is 0. The van der Waals surface area contributed by atoms with Crippen molar-refractivity contribution in [2.24, 2.45) is 0 Å². The van der Waals surface area contributed by atoms with Crippen molar-refractivity contribution in [3.05, 3.63) is 35.0 Å². The molecular formula is C12H11FO2S. The van der Waals surface area contributed by atoms with Crippen LogP contribution >= 0.6 is 11.3 Å². The normalized spacial score (nSPS) is 11.0. The van der Waals surface area contributed by atoms with E-state index in [1.54, 1.807) is 32.0 Å². The van der Waals surface area contributed by atoms with Gasteiger partial charge in [-0.3, -0.25) is 0 Å². The maximum absolute atomic E-state index is 13.4. The van der Waals surface area contributed by atoms with E-state index in [1.807, 2.05) is 0 Å². The van der Waals surface area contributed by atoms with Gasteiger partial charge in [0.2, 0.25) is 0 Å². The van der Waals surface area contributed by atoms with Crippen LogP contribution in [-0.4, -0.2) is 12.1 Å². The number of ether oxygens (including phenoxy) is 1. The highest BCUT2D eigenvalue weighted by Crippen LogP contribution is 2.28. The number of rotatable bonds is 2. The van der Waals surface area contributed by atoms with Crippen molar-refractivity contribution in [3.8, 4) is 0 Å².